The predicted molar refractivity (Wildman–Crippen MR) is 59.3 cm³/mol. The Morgan fingerprint density at radius 2 is 2.36 bits per heavy atom. The van der Waals surface area contributed by atoms with Gasteiger partial charge < -0.3 is 4.74 Å². The first-order valence-electron chi connectivity index (χ1n) is 3.70. The van der Waals surface area contributed by atoms with Gasteiger partial charge in [-0.3, -0.25) is 0 Å². The molecule has 1 rings (SSSR count). The third-order valence-electron chi connectivity index (χ3n) is 1.54. The van der Waals surface area contributed by atoms with Crippen LogP contribution in [-0.2, 0) is 0 Å². The van der Waals surface area contributed by atoms with E-state index >= 15 is 0 Å². The Bertz CT molecular complexity index is 408. The van der Waals surface area contributed by atoms with Gasteiger partial charge in [0.15, 0.2) is 4.08 Å². The van der Waals surface area contributed by atoms with Crippen LogP contribution < -0.4 is 4.74 Å². The first-order valence-corrected chi connectivity index (χ1v) is 4.87. The van der Waals surface area contributed by atoms with Crippen LogP contribution >= 0.6 is 27.5 Å². The number of benzene rings is 1. The lowest BCUT2D eigenvalue weighted by Gasteiger charge is -2.01. The van der Waals surface area contributed by atoms with Crippen LogP contribution in [0.5, 0.6) is 5.75 Å². The highest BCUT2D eigenvalue weighted by molar-refractivity contribution is 9.19. The van der Waals surface area contributed by atoms with E-state index in [2.05, 4.69) is 20.9 Å². The quantitative estimate of drug-likeness (QED) is 0.612. The largest absolute Gasteiger partial charge is 0.388 e. The molecule has 1 aromatic carbocycles. The minimum Gasteiger partial charge on any atom is -0.388 e. The van der Waals surface area contributed by atoms with Crippen LogP contribution in [0.4, 0.5) is 5.69 Å². The van der Waals surface area contributed by atoms with Gasteiger partial charge in [0.2, 0.25) is 0 Å². The average Bonchev–Trinajstić information content (AvgIpc) is 2.10. The topological polar surface area (TPSA) is 45.4 Å². The summed E-state index contributed by atoms with van der Waals surface area (Å²) < 4.78 is 4.99. The second-order valence-corrected chi connectivity index (χ2v) is 4.06. The molecule has 14 heavy (non-hydrogen) atoms. The van der Waals surface area contributed by atoms with Gasteiger partial charge in [-0.05, 0) is 34.5 Å². The third-order valence-corrected chi connectivity index (χ3v) is 1.80. The molecule has 0 saturated heterocycles. The summed E-state index contributed by atoms with van der Waals surface area (Å²) in [6.45, 7) is 1.84. The van der Waals surface area contributed by atoms with Crippen molar-refractivity contribution >= 4 is 37.3 Å². The SMILES string of the molecule is Cc1ccc(/N=C(\Cl)Br)cc1OC#N. The molecule has 0 amide bonds. The summed E-state index contributed by atoms with van der Waals surface area (Å²) in [5, 5.41) is 8.37. The van der Waals surface area contributed by atoms with Crippen molar-refractivity contribution in [3.63, 3.8) is 0 Å². The molecule has 0 atom stereocenters. The second kappa shape index (κ2) is 4.99. The molecule has 0 unspecified atom stereocenters. The van der Waals surface area contributed by atoms with E-state index in [1.54, 1.807) is 24.5 Å². The second-order valence-electron chi connectivity index (χ2n) is 2.50. The molecule has 1 aromatic rings. The third kappa shape index (κ3) is 3.02. The summed E-state index contributed by atoms with van der Waals surface area (Å²) in [7, 11) is 0. The molecule has 0 aliphatic rings. The fourth-order valence-corrected chi connectivity index (χ4v) is 1.22. The number of aryl methyl sites for hydroxylation is 1. The zero-order valence-electron chi connectivity index (χ0n) is 7.29. The monoisotopic (exact) mass is 272 g/mol. The maximum Gasteiger partial charge on any atom is 0.292 e. The van der Waals surface area contributed by atoms with E-state index in [0.717, 1.165) is 5.56 Å². The summed E-state index contributed by atoms with van der Waals surface area (Å²) in [4.78, 5) is 3.95. The van der Waals surface area contributed by atoms with Crippen LogP contribution in [0.15, 0.2) is 23.2 Å². The summed E-state index contributed by atoms with van der Waals surface area (Å²) in [5.74, 6) is 0.485. The van der Waals surface area contributed by atoms with Crippen LogP contribution in [0.1, 0.15) is 5.56 Å². The van der Waals surface area contributed by atoms with Crippen molar-refractivity contribution in [2.75, 3.05) is 0 Å². The molecule has 0 aromatic heterocycles. The highest BCUT2D eigenvalue weighted by Crippen LogP contribution is 2.25. The van der Waals surface area contributed by atoms with Crippen LogP contribution in [0, 0.1) is 18.4 Å². The number of hydrogen-bond donors (Lipinski definition) is 0. The van der Waals surface area contributed by atoms with Gasteiger partial charge in [0, 0.05) is 6.07 Å². The Balaban J connectivity index is 3.07. The molecule has 0 saturated carbocycles. The van der Waals surface area contributed by atoms with E-state index in [-0.39, 0.29) is 4.08 Å². The van der Waals surface area contributed by atoms with E-state index in [1.807, 2.05) is 6.92 Å². The normalized spacial score (nSPS) is 10.9. The lowest BCUT2D eigenvalue weighted by Crippen LogP contribution is -1.85. The summed E-state index contributed by atoms with van der Waals surface area (Å²) in [6, 6.07) is 5.23. The molecule has 0 N–H and O–H groups in total. The Labute approximate surface area is 95.1 Å². The molecular formula is C9H6BrClN2O. The number of nitrogens with zero attached hydrogens (tertiary/aromatic N) is 2. The van der Waals surface area contributed by atoms with Crippen LogP contribution in [0.25, 0.3) is 0 Å². The first-order chi connectivity index (χ1) is 6.63. The van der Waals surface area contributed by atoms with Gasteiger partial charge in [0.25, 0.3) is 6.26 Å². The Morgan fingerprint density at radius 1 is 1.64 bits per heavy atom. The van der Waals surface area contributed by atoms with E-state index in [0.29, 0.717) is 11.4 Å². The van der Waals surface area contributed by atoms with Crippen molar-refractivity contribution in [2.45, 2.75) is 6.92 Å². The van der Waals surface area contributed by atoms with Crippen molar-refractivity contribution < 1.29 is 4.74 Å². The van der Waals surface area contributed by atoms with Gasteiger partial charge in [0.1, 0.15) is 5.75 Å². The van der Waals surface area contributed by atoms with Crippen molar-refractivity contribution in [1.82, 2.24) is 0 Å². The Kier molecular flexibility index (Phi) is 3.93. The van der Waals surface area contributed by atoms with Crippen LogP contribution in [0.3, 0.4) is 0 Å². The van der Waals surface area contributed by atoms with Crippen LogP contribution in [0.2, 0.25) is 0 Å². The first kappa shape index (κ1) is 11.0. The lowest BCUT2D eigenvalue weighted by atomic mass is 10.2. The van der Waals surface area contributed by atoms with Crippen molar-refractivity contribution in [3.05, 3.63) is 23.8 Å². The molecule has 0 aliphatic carbocycles. The summed E-state index contributed by atoms with van der Waals surface area (Å²) in [5.41, 5.74) is 1.50. The van der Waals surface area contributed by atoms with Crippen molar-refractivity contribution in [1.29, 1.82) is 5.26 Å². The Hall–Kier alpha value is -1.05. The molecule has 0 radical (unpaired) electrons. The number of halogens is 2. The highest BCUT2D eigenvalue weighted by atomic mass is 79.9. The van der Waals surface area contributed by atoms with Gasteiger partial charge in [-0.2, -0.15) is 0 Å². The molecule has 72 valence electrons. The highest BCUT2D eigenvalue weighted by Gasteiger charge is 2.01. The van der Waals surface area contributed by atoms with E-state index in [1.165, 1.54) is 0 Å². The molecule has 0 heterocycles. The van der Waals surface area contributed by atoms with Crippen LogP contribution in [-0.4, -0.2) is 4.08 Å². The molecule has 0 aliphatic heterocycles. The van der Waals surface area contributed by atoms with Crippen molar-refractivity contribution in [3.8, 4) is 12.0 Å². The van der Waals surface area contributed by atoms with Gasteiger partial charge in [-0.25, -0.2) is 4.99 Å². The number of rotatable bonds is 2. The molecule has 0 bridgehead atoms. The minimum atomic E-state index is 0.254. The number of ether oxygens (including phenoxy) is 1. The zero-order chi connectivity index (χ0) is 10.6. The number of hydrogen-bond acceptors (Lipinski definition) is 3. The summed E-state index contributed by atoms with van der Waals surface area (Å²) in [6.07, 6.45) is 1.61. The standard InChI is InChI=1S/C9H6BrClN2O/c1-6-2-3-7(13-9(10)11)4-8(6)14-5-12/h2-4H,1H3/b13-9-. The van der Waals surface area contributed by atoms with E-state index in [4.69, 9.17) is 21.6 Å². The van der Waals surface area contributed by atoms with Gasteiger partial charge in [-0.15, -0.1) is 5.26 Å². The molecule has 3 nitrogen and oxygen atoms in total. The molecule has 0 spiro atoms. The maximum absolute atomic E-state index is 8.37. The summed E-state index contributed by atoms with van der Waals surface area (Å²) >= 11 is 8.55. The van der Waals surface area contributed by atoms with Gasteiger partial charge >= 0.3 is 0 Å². The van der Waals surface area contributed by atoms with E-state index < -0.39 is 0 Å². The number of aliphatic imine (C=N–C) groups is 1. The molecule has 5 heteroatoms. The van der Waals surface area contributed by atoms with E-state index in [9.17, 15) is 0 Å². The molecular weight excluding hydrogens is 267 g/mol. The van der Waals surface area contributed by atoms with Gasteiger partial charge in [-0.1, -0.05) is 17.7 Å². The number of nitriles is 1. The zero-order valence-corrected chi connectivity index (χ0v) is 9.63. The van der Waals surface area contributed by atoms with Gasteiger partial charge in [0.05, 0.1) is 5.69 Å². The fraction of sp³-hybridized carbons (Fsp3) is 0.111. The average molecular weight is 274 g/mol. The predicted octanol–water partition coefficient (Wildman–Crippen LogP) is 3.48. The fourth-order valence-electron chi connectivity index (χ4n) is 0.915. The Morgan fingerprint density at radius 3 is 2.93 bits per heavy atom. The minimum absolute atomic E-state index is 0.254. The smallest absolute Gasteiger partial charge is 0.292 e. The lowest BCUT2D eigenvalue weighted by molar-refractivity contribution is 0.503. The van der Waals surface area contributed by atoms with Crippen molar-refractivity contribution in [2.24, 2.45) is 4.99 Å². The molecule has 0 fully saturated rings. The maximum atomic E-state index is 8.37.